The first kappa shape index (κ1) is 28.8. The molecule has 3 aromatic heterocycles. The Bertz CT molecular complexity index is 2040. The van der Waals surface area contributed by atoms with E-state index in [4.69, 9.17) is 24.9 Å². The highest BCUT2D eigenvalue weighted by Gasteiger charge is 2.15. The number of aromatic nitrogens is 6. The molecular formula is C42H28N6. The van der Waals surface area contributed by atoms with E-state index in [9.17, 15) is 0 Å². The first-order valence-corrected chi connectivity index (χ1v) is 15.7. The number of hydrogen-bond acceptors (Lipinski definition) is 6. The molecule has 8 rings (SSSR count). The van der Waals surface area contributed by atoms with Crippen molar-refractivity contribution in [2.24, 2.45) is 0 Å². The Labute approximate surface area is 278 Å². The molecule has 6 nitrogen and oxygen atoms in total. The van der Waals surface area contributed by atoms with Crippen LogP contribution in [0.3, 0.4) is 0 Å². The van der Waals surface area contributed by atoms with Crippen LogP contribution >= 0.6 is 0 Å². The fourth-order valence-corrected chi connectivity index (χ4v) is 5.60. The third-order valence-corrected chi connectivity index (χ3v) is 8.00. The molecule has 0 N–H and O–H groups in total. The number of rotatable bonds is 7. The Morgan fingerprint density at radius 2 is 0.688 bits per heavy atom. The van der Waals surface area contributed by atoms with E-state index >= 15 is 0 Å². The van der Waals surface area contributed by atoms with Gasteiger partial charge in [0.1, 0.15) is 5.69 Å². The summed E-state index contributed by atoms with van der Waals surface area (Å²) in [4.78, 5) is 29.1. The van der Waals surface area contributed by atoms with E-state index in [0.717, 1.165) is 56.0 Å². The van der Waals surface area contributed by atoms with Gasteiger partial charge in [-0.25, -0.2) is 24.9 Å². The molecule has 0 radical (unpaired) electrons. The Morgan fingerprint density at radius 1 is 0.250 bits per heavy atom. The maximum Gasteiger partial charge on any atom is 0.179 e. The molecule has 0 aliphatic rings. The van der Waals surface area contributed by atoms with Crippen LogP contribution in [0.1, 0.15) is 0 Å². The van der Waals surface area contributed by atoms with Crippen molar-refractivity contribution < 1.29 is 0 Å². The summed E-state index contributed by atoms with van der Waals surface area (Å²) in [5, 5.41) is 0. The van der Waals surface area contributed by atoms with Gasteiger partial charge in [0.05, 0.1) is 11.4 Å². The largest absolute Gasteiger partial charge is 0.253 e. The summed E-state index contributed by atoms with van der Waals surface area (Å²) in [6, 6.07) is 54.8. The molecule has 0 spiro atoms. The minimum absolute atomic E-state index is 0.581. The molecule has 0 atom stereocenters. The van der Waals surface area contributed by atoms with Crippen molar-refractivity contribution in [1.29, 1.82) is 0 Å². The Balaban J connectivity index is 1.21. The van der Waals surface area contributed by atoms with Crippen LogP contribution in [0.2, 0.25) is 0 Å². The van der Waals surface area contributed by atoms with Crippen LogP contribution in [-0.2, 0) is 0 Å². The van der Waals surface area contributed by atoms with Crippen molar-refractivity contribution in [3.63, 3.8) is 0 Å². The van der Waals surface area contributed by atoms with Crippen molar-refractivity contribution in [3.8, 4) is 79.3 Å². The van der Waals surface area contributed by atoms with Gasteiger partial charge in [-0.3, -0.25) is 4.98 Å². The Kier molecular flexibility index (Phi) is 7.79. The summed E-state index contributed by atoms with van der Waals surface area (Å²) in [5.41, 5.74) is 9.25. The summed E-state index contributed by atoms with van der Waals surface area (Å²) in [6.45, 7) is 0. The lowest BCUT2D eigenvalue weighted by Crippen LogP contribution is -2.00. The molecular weight excluding hydrogens is 589 g/mol. The smallest absolute Gasteiger partial charge is 0.179 e. The first-order valence-electron chi connectivity index (χ1n) is 15.7. The fourth-order valence-electron chi connectivity index (χ4n) is 5.60. The summed E-state index contributed by atoms with van der Waals surface area (Å²) in [6.07, 6.45) is 1.76. The Hall–Kier alpha value is -6.66. The van der Waals surface area contributed by atoms with Gasteiger partial charge in [0, 0.05) is 34.0 Å². The standard InChI is InChI=1S/C42H28N6/c1-4-14-29(15-5-1)37-28-38(45-42(44-37)36-24-10-11-25-43-36)34-22-12-20-32(26-34)33-21-13-23-35(27-33)41-47-39(30-16-6-2-7-17-30)46-40(48-41)31-18-8-3-9-19-31/h1-28H. The molecule has 0 fully saturated rings. The topological polar surface area (TPSA) is 77.3 Å². The van der Waals surface area contributed by atoms with E-state index in [1.807, 2.05) is 115 Å². The molecule has 6 heteroatoms. The van der Waals surface area contributed by atoms with Crippen molar-refractivity contribution in [2.75, 3.05) is 0 Å². The average Bonchev–Trinajstić information content (AvgIpc) is 3.19. The van der Waals surface area contributed by atoms with Crippen molar-refractivity contribution >= 4 is 0 Å². The van der Waals surface area contributed by atoms with E-state index in [1.165, 1.54) is 0 Å². The quantitative estimate of drug-likeness (QED) is 0.177. The van der Waals surface area contributed by atoms with Gasteiger partial charge < -0.3 is 0 Å². The number of hydrogen-bond donors (Lipinski definition) is 0. The number of benzene rings is 5. The fraction of sp³-hybridized carbons (Fsp3) is 0. The molecule has 0 bridgehead atoms. The van der Waals surface area contributed by atoms with E-state index in [0.29, 0.717) is 23.3 Å². The van der Waals surface area contributed by atoms with Gasteiger partial charge >= 0.3 is 0 Å². The van der Waals surface area contributed by atoms with E-state index in [-0.39, 0.29) is 0 Å². The van der Waals surface area contributed by atoms with Gasteiger partial charge in [0.2, 0.25) is 0 Å². The summed E-state index contributed by atoms with van der Waals surface area (Å²) < 4.78 is 0. The second kappa shape index (κ2) is 13.0. The predicted octanol–water partition coefficient (Wildman–Crippen LogP) is 9.73. The molecule has 0 unspecified atom stereocenters. The van der Waals surface area contributed by atoms with Gasteiger partial charge in [-0.1, -0.05) is 133 Å². The molecule has 5 aromatic carbocycles. The lowest BCUT2D eigenvalue weighted by atomic mass is 9.99. The van der Waals surface area contributed by atoms with Gasteiger partial charge in [0.15, 0.2) is 23.3 Å². The summed E-state index contributed by atoms with van der Waals surface area (Å²) in [7, 11) is 0. The monoisotopic (exact) mass is 616 g/mol. The predicted molar refractivity (Wildman–Crippen MR) is 191 cm³/mol. The lowest BCUT2D eigenvalue weighted by molar-refractivity contribution is 1.07. The van der Waals surface area contributed by atoms with E-state index < -0.39 is 0 Å². The third-order valence-electron chi connectivity index (χ3n) is 8.00. The molecule has 0 aliphatic carbocycles. The Morgan fingerprint density at radius 3 is 1.25 bits per heavy atom. The first-order chi connectivity index (χ1) is 23.8. The molecule has 0 saturated carbocycles. The van der Waals surface area contributed by atoms with Crippen molar-refractivity contribution in [2.45, 2.75) is 0 Å². The highest BCUT2D eigenvalue weighted by atomic mass is 15.0. The molecule has 226 valence electrons. The van der Waals surface area contributed by atoms with Crippen LogP contribution in [-0.4, -0.2) is 29.9 Å². The van der Waals surface area contributed by atoms with Crippen molar-refractivity contribution in [3.05, 3.63) is 170 Å². The molecule has 0 aliphatic heterocycles. The van der Waals surface area contributed by atoms with E-state index in [2.05, 4.69) is 53.5 Å². The zero-order chi connectivity index (χ0) is 32.1. The van der Waals surface area contributed by atoms with Crippen LogP contribution in [0.4, 0.5) is 0 Å². The summed E-state index contributed by atoms with van der Waals surface area (Å²) in [5.74, 6) is 2.46. The lowest BCUT2D eigenvalue weighted by Gasteiger charge is -2.11. The van der Waals surface area contributed by atoms with Crippen LogP contribution in [0, 0.1) is 0 Å². The number of pyridine rings is 1. The zero-order valence-electron chi connectivity index (χ0n) is 25.8. The maximum absolute atomic E-state index is 4.98. The highest BCUT2D eigenvalue weighted by Crippen LogP contribution is 2.32. The minimum atomic E-state index is 0.581. The SMILES string of the molecule is c1ccc(-c2cc(-c3cccc(-c4cccc(-c5nc(-c6ccccc6)nc(-c6ccccc6)n5)c4)c3)nc(-c3ccccn3)n2)cc1. The normalized spacial score (nSPS) is 10.9. The second-order valence-electron chi connectivity index (χ2n) is 11.2. The van der Waals surface area contributed by atoms with Crippen LogP contribution in [0.25, 0.3) is 79.3 Å². The van der Waals surface area contributed by atoms with Gasteiger partial charge in [-0.05, 0) is 41.5 Å². The molecule has 0 amide bonds. The van der Waals surface area contributed by atoms with Gasteiger partial charge in [0.25, 0.3) is 0 Å². The van der Waals surface area contributed by atoms with Crippen LogP contribution in [0.15, 0.2) is 170 Å². The van der Waals surface area contributed by atoms with Crippen LogP contribution < -0.4 is 0 Å². The second-order valence-corrected chi connectivity index (χ2v) is 11.2. The molecule has 8 aromatic rings. The molecule has 48 heavy (non-hydrogen) atoms. The molecule has 0 saturated heterocycles. The maximum atomic E-state index is 4.98. The number of nitrogens with zero attached hydrogens (tertiary/aromatic N) is 6. The van der Waals surface area contributed by atoms with E-state index in [1.54, 1.807) is 6.20 Å². The third kappa shape index (κ3) is 6.10. The molecule has 3 heterocycles. The summed E-state index contributed by atoms with van der Waals surface area (Å²) >= 11 is 0. The minimum Gasteiger partial charge on any atom is -0.253 e. The van der Waals surface area contributed by atoms with Gasteiger partial charge in [-0.2, -0.15) is 0 Å². The van der Waals surface area contributed by atoms with Gasteiger partial charge in [-0.15, -0.1) is 0 Å². The highest BCUT2D eigenvalue weighted by molar-refractivity contribution is 5.77. The van der Waals surface area contributed by atoms with Crippen molar-refractivity contribution in [1.82, 2.24) is 29.9 Å². The van der Waals surface area contributed by atoms with Crippen LogP contribution in [0.5, 0.6) is 0 Å². The zero-order valence-corrected chi connectivity index (χ0v) is 25.8. The average molecular weight is 617 g/mol.